The van der Waals surface area contributed by atoms with Crippen LogP contribution in [0.2, 0.25) is 0 Å². The van der Waals surface area contributed by atoms with Crippen LogP contribution in [0.3, 0.4) is 0 Å². The fraction of sp³-hybridized carbons (Fsp3) is 0.571. The number of rotatable bonds is 6. The maximum atomic E-state index is 12.3. The Balaban J connectivity index is 1.73. The SMILES string of the molecule is CC(NCCCN1CCc2ccccc21)C(F)F. The molecule has 1 aliphatic heterocycles. The van der Waals surface area contributed by atoms with Crippen molar-refractivity contribution in [2.75, 3.05) is 24.5 Å². The fourth-order valence-electron chi connectivity index (χ4n) is 2.33. The van der Waals surface area contributed by atoms with Gasteiger partial charge < -0.3 is 10.2 Å². The van der Waals surface area contributed by atoms with Crippen molar-refractivity contribution in [1.29, 1.82) is 0 Å². The van der Waals surface area contributed by atoms with Crippen LogP contribution in [-0.4, -0.2) is 32.1 Å². The van der Waals surface area contributed by atoms with Gasteiger partial charge in [-0.3, -0.25) is 0 Å². The van der Waals surface area contributed by atoms with Crippen LogP contribution in [0, 0.1) is 0 Å². The number of anilines is 1. The molecule has 2 nitrogen and oxygen atoms in total. The van der Waals surface area contributed by atoms with Crippen molar-refractivity contribution in [3.05, 3.63) is 29.8 Å². The summed E-state index contributed by atoms with van der Waals surface area (Å²) in [6.45, 7) is 4.14. The van der Waals surface area contributed by atoms with E-state index in [0.717, 1.165) is 25.9 Å². The number of para-hydroxylation sites is 1. The zero-order chi connectivity index (χ0) is 13.0. The molecule has 2 rings (SSSR count). The van der Waals surface area contributed by atoms with Crippen LogP contribution in [0.1, 0.15) is 18.9 Å². The molecule has 0 saturated carbocycles. The maximum absolute atomic E-state index is 12.3. The van der Waals surface area contributed by atoms with Crippen molar-refractivity contribution in [2.24, 2.45) is 0 Å². The van der Waals surface area contributed by atoms with Crippen LogP contribution in [0.5, 0.6) is 0 Å². The molecule has 1 aromatic carbocycles. The van der Waals surface area contributed by atoms with Gasteiger partial charge in [-0.05, 0) is 37.9 Å². The highest BCUT2D eigenvalue weighted by atomic mass is 19.3. The van der Waals surface area contributed by atoms with Gasteiger partial charge in [-0.15, -0.1) is 0 Å². The summed E-state index contributed by atoms with van der Waals surface area (Å²) in [4.78, 5) is 2.34. The van der Waals surface area contributed by atoms with Gasteiger partial charge in [0.1, 0.15) is 0 Å². The third kappa shape index (κ3) is 3.19. The van der Waals surface area contributed by atoms with Gasteiger partial charge in [0.25, 0.3) is 6.43 Å². The van der Waals surface area contributed by atoms with E-state index >= 15 is 0 Å². The number of benzene rings is 1. The van der Waals surface area contributed by atoms with Crippen LogP contribution >= 0.6 is 0 Å². The lowest BCUT2D eigenvalue weighted by Crippen LogP contribution is -2.35. The molecular formula is C14H20F2N2. The van der Waals surface area contributed by atoms with Crippen molar-refractivity contribution in [2.45, 2.75) is 32.2 Å². The summed E-state index contributed by atoms with van der Waals surface area (Å²) in [6.07, 6.45) is -0.292. The van der Waals surface area contributed by atoms with E-state index < -0.39 is 12.5 Å². The van der Waals surface area contributed by atoms with E-state index in [4.69, 9.17) is 0 Å². The molecule has 1 heterocycles. The number of hydrogen-bond acceptors (Lipinski definition) is 2. The molecule has 0 amide bonds. The number of alkyl halides is 2. The lowest BCUT2D eigenvalue weighted by Gasteiger charge is -2.20. The number of fused-ring (bicyclic) bond motifs is 1. The summed E-state index contributed by atoms with van der Waals surface area (Å²) in [5, 5.41) is 2.85. The molecule has 0 radical (unpaired) electrons. The van der Waals surface area contributed by atoms with Gasteiger partial charge in [0.15, 0.2) is 0 Å². The highest BCUT2D eigenvalue weighted by molar-refractivity contribution is 5.57. The van der Waals surface area contributed by atoms with E-state index in [9.17, 15) is 8.78 Å². The molecule has 0 fully saturated rings. The number of nitrogens with one attached hydrogen (secondary N) is 1. The lowest BCUT2D eigenvalue weighted by molar-refractivity contribution is 0.106. The average molecular weight is 254 g/mol. The van der Waals surface area contributed by atoms with Gasteiger partial charge in [0.05, 0.1) is 6.04 Å². The Morgan fingerprint density at radius 2 is 2.11 bits per heavy atom. The van der Waals surface area contributed by atoms with Crippen LogP contribution < -0.4 is 10.2 Å². The van der Waals surface area contributed by atoms with E-state index in [-0.39, 0.29) is 0 Å². The van der Waals surface area contributed by atoms with E-state index in [2.05, 4.69) is 28.4 Å². The van der Waals surface area contributed by atoms with Gasteiger partial charge in [-0.2, -0.15) is 0 Å². The maximum Gasteiger partial charge on any atom is 0.253 e. The number of nitrogens with zero attached hydrogens (tertiary/aromatic N) is 1. The standard InChI is InChI=1S/C14H20F2N2/c1-11(14(15)16)17-8-4-9-18-10-7-12-5-2-3-6-13(12)18/h2-3,5-6,11,14,17H,4,7-10H2,1H3. The zero-order valence-electron chi connectivity index (χ0n) is 10.7. The monoisotopic (exact) mass is 254 g/mol. The molecule has 1 unspecified atom stereocenters. The fourth-order valence-corrected chi connectivity index (χ4v) is 2.33. The van der Waals surface area contributed by atoms with Gasteiger partial charge in [-0.25, -0.2) is 8.78 Å². The molecule has 4 heteroatoms. The first kappa shape index (κ1) is 13.3. The third-order valence-corrected chi connectivity index (χ3v) is 3.43. The summed E-state index contributed by atoms with van der Waals surface area (Å²) >= 11 is 0. The van der Waals surface area contributed by atoms with Gasteiger partial charge >= 0.3 is 0 Å². The van der Waals surface area contributed by atoms with Crippen LogP contribution in [0.25, 0.3) is 0 Å². The molecule has 0 aliphatic carbocycles. The van der Waals surface area contributed by atoms with E-state index in [1.807, 2.05) is 6.07 Å². The van der Waals surface area contributed by atoms with Crippen LogP contribution in [-0.2, 0) is 6.42 Å². The minimum absolute atomic E-state index is 0.643. The largest absolute Gasteiger partial charge is 0.371 e. The molecule has 1 aromatic rings. The Hall–Kier alpha value is -1.16. The Morgan fingerprint density at radius 3 is 2.89 bits per heavy atom. The van der Waals surface area contributed by atoms with Gasteiger partial charge in [0.2, 0.25) is 0 Å². The Labute approximate surface area is 107 Å². The Morgan fingerprint density at radius 1 is 1.33 bits per heavy atom. The van der Waals surface area contributed by atoms with Crippen LogP contribution in [0.15, 0.2) is 24.3 Å². The average Bonchev–Trinajstić information content (AvgIpc) is 2.77. The first-order valence-corrected chi connectivity index (χ1v) is 6.53. The van der Waals surface area contributed by atoms with Crippen molar-refractivity contribution in [3.63, 3.8) is 0 Å². The minimum atomic E-state index is -2.28. The second-order valence-electron chi connectivity index (χ2n) is 4.80. The molecule has 0 bridgehead atoms. The second-order valence-corrected chi connectivity index (χ2v) is 4.80. The highest BCUT2D eigenvalue weighted by Crippen LogP contribution is 2.27. The van der Waals surface area contributed by atoms with Crippen LogP contribution in [0.4, 0.5) is 14.5 Å². The Bertz CT molecular complexity index is 382. The van der Waals surface area contributed by atoms with Gasteiger partial charge in [-0.1, -0.05) is 18.2 Å². The summed E-state index contributed by atoms with van der Waals surface area (Å²) in [6, 6.07) is 7.70. The van der Waals surface area contributed by atoms with E-state index in [1.165, 1.54) is 18.2 Å². The molecule has 1 aliphatic rings. The second kappa shape index (κ2) is 6.14. The molecule has 0 saturated heterocycles. The van der Waals surface area contributed by atoms with E-state index in [1.54, 1.807) is 0 Å². The molecule has 18 heavy (non-hydrogen) atoms. The third-order valence-electron chi connectivity index (χ3n) is 3.43. The summed E-state index contributed by atoms with van der Waals surface area (Å²) < 4.78 is 24.6. The van der Waals surface area contributed by atoms with Crippen molar-refractivity contribution >= 4 is 5.69 Å². The summed E-state index contributed by atoms with van der Waals surface area (Å²) in [7, 11) is 0. The van der Waals surface area contributed by atoms with Crippen molar-refractivity contribution in [3.8, 4) is 0 Å². The first-order valence-electron chi connectivity index (χ1n) is 6.53. The quantitative estimate of drug-likeness (QED) is 0.785. The number of hydrogen-bond donors (Lipinski definition) is 1. The molecule has 100 valence electrons. The van der Waals surface area contributed by atoms with Crippen molar-refractivity contribution in [1.82, 2.24) is 5.32 Å². The van der Waals surface area contributed by atoms with Gasteiger partial charge in [0, 0.05) is 18.8 Å². The number of halogens is 2. The summed E-state index contributed by atoms with van der Waals surface area (Å²) in [5.41, 5.74) is 2.70. The molecular weight excluding hydrogens is 234 g/mol. The normalized spacial score (nSPS) is 16.1. The molecule has 1 atom stereocenters. The first-order chi connectivity index (χ1) is 8.68. The topological polar surface area (TPSA) is 15.3 Å². The molecule has 0 spiro atoms. The smallest absolute Gasteiger partial charge is 0.253 e. The molecule has 0 aromatic heterocycles. The van der Waals surface area contributed by atoms with E-state index in [0.29, 0.717) is 6.54 Å². The molecule has 1 N–H and O–H groups in total. The lowest BCUT2D eigenvalue weighted by atomic mass is 10.2. The summed E-state index contributed by atoms with van der Waals surface area (Å²) in [5.74, 6) is 0. The Kier molecular flexibility index (Phi) is 4.53. The minimum Gasteiger partial charge on any atom is -0.371 e. The zero-order valence-corrected chi connectivity index (χ0v) is 10.7. The predicted octanol–water partition coefficient (Wildman–Crippen LogP) is 2.68. The predicted molar refractivity (Wildman–Crippen MR) is 70.4 cm³/mol. The highest BCUT2D eigenvalue weighted by Gasteiger charge is 2.18. The van der Waals surface area contributed by atoms with Crippen molar-refractivity contribution < 1.29 is 8.78 Å².